The molecule has 124 valence electrons. The largest absolute Gasteiger partial charge is 0.356 e. The smallest absolute Gasteiger partial charge is 0.221 e. The number of carbonyl (C=O) groups is 1. The molecule has 1 rings (SSSR count). The van der Waals surface area contributed by atoms with Gasteiger partial charge in [-0.1, -0.05) is 43.7 Å². The zero-order valence-corrected chi connectivity index (χ0v) is 14.2. The molecule has 5 nitrogen and oxygen atoms in total. The lowest BCUT2D eigenvalue weighted by molar-refractivity contribution is -0.121. The number of amides is 1. The maximum atomic E-state index is 11.8. The summed E-state index contributed by atoms with van der Waals surface area (Å²) in [5.41, 5.74) is 1.09. The Kier molecular flexibility index (Phi) is 8.12. The summed E-state index contributed by atoms with van der Waals surface area (Å²) in [5.74, 6) is -0.0955. The van der Waals surface area contributed by atoms with E-state index in [0.717, 1.165) is 18.4 Å². The fraction of sp³-hybridized carbons (Fsp3) is 0.562. The maximum Gasteiger partial charge on any atom is 0.221 e. The minimum atomic E-state index is -3.30. The Labute approximate surface area is 133 Å². The van der Waals surface area contributed by atoms with Crippen LogP contribution in [0.5, 0.6) is 0 Å². The molecular formula is C16H26N2O3S. The van der Waals surface area contributed by atoms with Gasteiger partial charge in [-0.15, -0.1) is 0 Å². The predicted molar refractivity (Wildman–Crippen MR) is 89.1 cm³/mol. The van der Waals surface area contributed by atoms with E-state index in [9.17, 15) is 13.2 Å². The Balaban J connectivity index is 2.46. The number of hydrogen-bond donors (Lipinski definition) is 1. The van der Waals surface area contributed by atoms with Crippen LogP contribution in [0.15, 0.2) is 30.3 Å². The number of nitrogens with one attached hydrogen (secondary N) is 1. The minimum Gasteiger partial charge on any atom is -0.356 e. The predicted octanol–water partition coefficient (Wildman–Crippen LogP) is 1.80. The molecule has 1 N–H and O–H groups in total. The molecule has 0 aromatic heterocycles. The molecule has 0 saturated carbocycles. The van der Waals surface area contributed by atoms with E-state index in [1.165, 1.54) is 10.6 Å². The van der Waals surface area contributed by atoms with E-state index in [2.05, 4.69) is 12.2 Å². The lowest BCUT2D eigenvalue weighted by Crippen LogP contribution is -2.36. The quantitative estimate of drug-likeness (QED) is 0.667. The van der Waals surface area contributed by atoms with Gasteiger partial charge >= 0.3 is 0 Å². The molecule has 0 spiro atoms. The Morgan fingerprint density at radius 1 is 1.18 bits per heavy atom. The van der Waals surface area contributed by atoms with Crippen molar-refractivity contribution in [3.63, 3.8) is 0 Å². The minimum absolute atomic E-state index is 0.0955. The van der Waals surface area contributed by atoms with Crippen LogP contribution in [0.2, 0.25) is 0 Å². The van der Waals surface area contributed by atoms with Gasteiger partial charge in [-0.25, -0.2) is 12.7 Å². The highest BCUT2D eigenvalue weighted by atomic mass is 32.2. The van der Waals surface area contributed by atoms with Gasteiger partial charge in [-0.05, 0) is 18.4 Å². The number of carbonyl (C=O) groups excluding carboxylic acids is 1. The lowest BCUT2D eigenvalue weighted by Gasteiger charge is -2.19. The summed E-state index contributed by atoms with van der Waals surface area (Å²) in [6.07, 6.45) is 3.99. The van der Waals surface area contributed by atoms with Crippen molar-refractivity contribution in [2.45, 2.75) is 32.6 Å². The SMILES string of the molecule is CCCCNC(=O)CCN(CCc1ccccc1)S(C)(=O)=O. The second-order valence-electron chi connectivity index (χ2n) is 5.35. The second kappa shape index (κ2) is 9.58. The van der Waals surface area contributed by atoms with Gasteiger partial charge in [0.25, 0.3) is 0 Å². The van der Waals surface area contributed by atoms with Gasteiger partial charge < -0.3 is 5.32 Å². The number of rotatable bonds is 10. The fourth-order valence-corrected chi connectivity index (χ4v) is 2.91. The van der Waals surface area contributed by atoms with Crippen molar-refractivity contribution in [1.82, 2.24) is 9.62 Å². The molecule has 0 aliphatic heterocycles. The second-order valence-corrected chi connectivity index (χ2v) is 7.33. The molecule has 0 fully saturated rings. The van der Waals surface area contributed by atoms with E-state index in [1.807, 2.05) is 30.3 Å². The normalized spacial score (nSPS) is 11.6. The highest BCUT2D eigenvalue weighted by Gasteiger charge is 2.17. The molecule has 1 aromatic carbocycles. The van der Waals surface area contributed by atoms with Gasteiger partial charge in [0.05, 0.1) is 6.26 Å². The molecule has 1 aromatic rings. The molecule has 6 heteroatoms. The number of unbranched alkanes of at least 4 members (excludes halogenated alkanes) is 1. The zero-order chi connectivity index (χ0) is 16.4. The van der Waals surface area contributed by atoms with E-state index < -0.39 is 10.0 Å². The van der Waals surface area contributed by atoms with Crippen molar-refractivity contribution in [2.75, 3.05) is 25.9 Å². The third-order valence-electron chi connectivity index (χ3n) is 3.40. The molecular weight excluding hydrogens is 300 g/mol. The van der Waals surface area contributed by atoms with Crippen LogP contribution in [0.1, 0.15) is 31.7 Å². The zero-order valence-electron chi connectivity index (χ0n) is 13.4. The van der Waals surface area contributed by atoms with Crippen molar-refractivity contribution in [3.05, 3.63) is 35.9 Å². The van der Waals surface area contributed by atoms with E-state index in [0.29, 0.717) is 19.5 Å². The Bertz CT molecular complexity index is 544. The van der Waals surface area contributed by atoms with Crippen molar-refractivity contribution < 1.29 is 13.2 Å². The van der Waals surface area contributed by atoms with Gasteiger partial charge in [-0.3, -0.25) is 4.79 Å². The summed E-state index contributed by atoms with van der Waals surface area (Å²) < 4.78 is 25.0. The Hall–Kier alpha value is -1.40. The Morgan fingerprint density at radius 2 is 1.86 bits per heavy atom. The highest BCUT2D eigenvalue weighted by molar-refractivity contribution is 7.88. The third-order valence-corrected chi connectivity index (χ3v) is 4.71. The lowest BCUT2D eigenvalue weighted by atomic mass is 10.1. The van der Waals surface area contributed by atoms with Crippen molar-refractivity contribution >= 4 is 15.9 Å². The first-order valence-electron chi connectivity index (χ1n) is 7.69. The van der Waals surface area contributed by atoms with Crippen molar-refractivity contribution in [2.24, 2.45) is 0 Å². The monoisotopic (exact) mass is 326 g/mol. The molecule has 0 heterocycles. The van der Waals surface area contributed by atoms with E-state index >= 15 is 0 Å². The molecule has 0 radical (unpaired) electrons. The topological polar surface area (TPSA) is 66.5 Å². The number of benzene rings is 1. The molecule has 0 unspecified atom stereocenters. The summed E-state index contributed by atoms with van der Waals surface area (Å²) >= 11 is 0. The number of hydrogen-bond acceptors (Lipinski definition) is 3. The number of sulfonamides is 1. The van der Waals surface area contributed by atoms with Gasteiger partial charge in [0.2, 0.25) is 15.9 Å². The molecule has 0 atom stereocenters. The third kappa shape index (κ3) is 7.56. The average molecular weight is 326 g/mol. The van der Waals surface area contributed by atoms with Gasteiger partial charge in [0.15, 0.2) is 0 Å². The summed E-state index contributed by atoms with van der Waals surface area (Å²) in [7, 11) is -3.30. The van der Waals surface area contributed by atoms with Crippen molar-refractivity contribution in [1.29, 1.82) is 0 Å². The summed E-state index contributed by atoms with van der Waals surface area (Å²) in [6, 6.07) is 9.73. The van der Waals surface area contributed by atoms with Crippen molar-refractivity contribution in [3.8, 4) is 0 Å². The number of nitrogens with zero attached hydrogens (tertiary/aromatic N) is 1. The fourth-order valence-electron chi connectivity index (χ4n) is 2.06. The standard InChI is InChI=1S/C16H26N2O3S/c1-3-4-12-17-16(19)11-14-18(22(2,20)21)13-10-15-8-6-5-7-9-15/h5-9H,3-4,10-14H2,1-2H3,(H,17,19). The first-order valence-corrected chi connectivity index (χ1v) is 9.54. The van der Waals surface area contributed by atoms with Gasteiger partial charge in [0.1, 0.15) is 0 Å². The van der Waals surface area contributed by atoms with E-state index in [4.69, 9.17) is 0 Å². The molecule has 0 aliphatic carbocycles. The Morgan fingerprint density at radius 3 is 2.45 bits per heavy atom. The first-order chi connectivity index (χ1) is 10.4. The molecule has 0 bridgehead atoms. The summed E-state index contributed by atoms with van der Waals surface area (Å²) in [5, 5.41) is 2.80. The van der Waals surface area contributed by atoms with Crippen LogP contribution < -0.4 is 5.32 Å². The van der Waals surface area contributed by atoms with E-state index in [-0.39, 0.29) is 18.9 Å². The van der Waals surface area contributed by atoms with E-state index in [1.54, 1.807) is 0 Å². The molecule has 0 saturated heterocycles. The maximum absolute atomic E-state index is 11.8. The van der Waals surface area contributed by atoms with Gasteiger partial charge in [-0.2, -0.15) is 0 Å². The van der Waals surface area contributed by atoms with Crippen LogP contribution in [0.3, 0.4) is 0 Å². The van der Waals surface area contributed by atoms with Crippen LogP contribution in [-0.4, -0.2) is 44.5 Å². The van der Waals surface area contributed by atoms with Crippen LogP contribution >= 0.6 is 0 Å². The molecule has 1 amide bonds. The van der Waals surface area contributed by atoms with Crippen LogP contribution in [-0.2, 0) is 21.2 Å². The average Bonchev–Trinajstić information content (AvgIpc) is 2.47. The molecule has 22 heavy (non-hydrogen) atoms. The first kappa shape index (κ1) is 18.6. The van der Waals surface area contributed by atoms with Crippen LogP contribution in [0.25, 0.3) is 0 Å². The summed E-state index contributed by atoms with van der Waals surface area (Å²) in [4.78, 5) is 11.7. The summed E-state index contributed by atoms with van der Waals surface area (Å²) in [6.45, 7) is 3.33. The van der Waals surface area contributed by atoms with Crippen LogP contribution in [0.4, 0.5) is 0 Å². The van der Waals surface area contributed by atoms with Crippen LogP contribution in [0, 0.1) is 0 Å². The molecule has 0 aliphatic rings. The van der Waals surface area contributed by atoms with Gasteiger partial charge in [0, 0.05) is 26.1 Å². The highest BCUT2D eigenvalue weighted by Crippen LogP contribution is 2.05.